The average Bonchev–Trinajstić information content (AvgIpc) is 2.84. The highest BCUT2D eigenvalue weighted by molar-refractivity contribution is 6.32. The molecule has 4 nitrogen and oxygen atoms in total. The Morgan fingerprint density at radius 1 is 1.45 bits per heavy atom. The van der Waals surface area contributed by atoms with Gasteiger partial charge in [-0.25, -0.2) is 0 Å². The van der Waals surface area contributed by atoms with Crippen LogP contribution in [-0.2, 0) is 11.3 Å². The number of nitrogens with zero attached hydrogens (tertiary/aromatic N) is 1. The number of halogens is 1. The van der Waals surface area contributed by atoms with Crippen LogP contribution in [0.4, 0.5) is 0 Å². The van der Waals surface area contributed by atoms with Crippen LogP contribution >= 0.6 is 11.6 Å². The molecule has 1 saturated heterocycles. The van der Waals surface area contributed by atoms with Crippen LogP contribution in [0.5, 0.6) is 0 Å². The molecule has 0 radical (unpaired) electrons. The summed E-state index contributed by atoms with van der Waals surface area (Å²) in [6.45, 7) is 5.78. The van der Waals surface area contributed by atoms with E-state index in [1.54, 1.807) is 0 Å². The smallest absolute Gasteiger partial charge is 0.237 e. The Balaban J connectivity index is 1.73. The topological polar surface area (TPSA) is 48.1 Å². The lowest BCUT2D eigenvalue weighted by molar-refractivity contribution is -0.129. The summed E-state index contributed by atoms with van der Waals surface area (Å²) >= 11 is 6.33. The first-order valence-corrected chi connectivity index (χ1v) is 8.12. The summed E-state index contributed by atoms with van der Waals surface area (Å²) in [6.07, 6.45) is 0.947. The molecule has 1 aliphatic rings. The molecule has 1 unspecified atom stereocenters. The van der Waals surface area contributed by atoms with Crippen LogP contribution < -0.4 is 5.32 Å². The molecule has 0 spiro atoms. The molecule has 0 aliphatic carbocycles. The summed E-state index contributed by atoms with van der Waals surface area (Å²) < 4.78 is 0. The van der Waals surface area contributed by atoms with Crippen molar-refractivity contribution in [2.45, 2.75) is 38.8 Å². The normalized spacial score (nSPS) is 18.7. The lowest BCUT2D eigenvalue weighted by Gasteiger charge is -2.36. The summed E-state index contributed by atoms with van der Waals surface area (Å²) in [5.41, 5.74) is 3.21. The van der Waals surface area contributed by atoms with E-state index in [0.717, 1.165) is 40.1 Å². The number of fused-ring (bicyclic) bond motifs is 1. The zero-order chi connectivity index (χ0) is 15.9. The van der Waals surface area contributed by atoms with Crippen molar-refractivity contribution < 1.29 is 4.79 Å². The minimum absolute atomic E-state index is 0.0337. The van der Waals surface area contributed by atoms with Gasteiger partial charge >= 0.3 is 0 Å². The highest BCUT2D eigenvalue weighted by Gasteiger charge is 2.30. The quantitative estimate of drug-likeness (QED) is 0.908. The molecule has 2 heterocycles. The maximum absolute atomic E-state index is 12.0. The SMILES string of the molecule is CC(C)c1cc2[nH]c(CNC(=O)C3CCN3C)cc2cc1Cl. The summed E-state index contributed by atoms with van der Waals surface area (Å²) in [4.78, 5) is 17.5. The van der Waals surface area contributed by atoms with Gasteiger partial charge in [0.1, 0.15) is 0 Å². The van der Waals surface area contributed by atoms with E-state index < -0.39 is 0 Å². The molecule has 3 rings (SSSR count). The number of nitrogens with one attached hydrogen (secondary N) is 2. The fourth-order valence-electron chi connectivity index (χ4n) is 2.92. The molecule has 1 aromatic carbocycles. The van der Waals surface area contributed by atoms with Crippen molar-refractivity contribution in [2.24, 2.45) is 0 Å². The maximum atomic E-state index is 12.0. The number of amides is 1. The van der Waals surface area contributed by atoms with Gasteiger partial charge in [0.05, 0.1) is 12.6 Å². The zero-order valence-corrected chi connectivity index (χ0v) is 14.0. The standard InChI is InChI=1S/C17H22ClN3O/c1-10(2)13-8-15-11(7-14(13)18)6-12(20-15)9-19-17(22)16-4-5-21(16)3/h6-8,10,16,20H,4-5,9H2,1-3H3,(H,19,22). The molecular weight excluding hydrogens is 298 g/mol. The van der Waals surface area contributed by atoms with Gasteiger partial charge < -0.3 is 10.3 Å². The van der Waals surface area contributed by atoms with Crippen molar-refractivity contribution in [3.8, 4) is 0 Å². The monoisotopic (exact) mass is 319 g/mol. The van der Waals surface area contributed by atoms with Crippen molar-refractivity contribution in [3.63, 3.8) is 0 Å². The summed E-state index contributed by atoms with van der Waals surface area (Å²) in [7, 11) is 1.98. The van der Waals surface area contributed by atoms with Gasteiger partial charge in [0.2, 0.25) is 5.91 Å². The largest absolute Gasteiger partial charge is 0.357 e. The van der Waals surface area contributed by atoms with E-state index in [1.807, 2.05) is 13.1 Å². The molecule has 118 valence electrons. The molecule has 2 N–H and O–H groups in total. The molecule has 1 amide bonds. The first kappa shape index (κ1) is 15.4. The number of likely N-dealkylation sites (tertiary alicyclic amines) is 1. The molecule has 2 aromatic rings. The predicted octanol–water partition coefficient (Wildman–Crippen LogP) is 3.27. The van der Waals surface area contributed by atoms with Gasteiger partial charge in [0.25, 0.3) is 0 Å². The molecule has 0 saturated carbocycles. The van der Waals surface area contributed by atoms with Gasteiger partial charge in [-0.15, -0.1) is 0 Å². The van der Waals surface area contributed by atoms with Crippen molar-refractivity contribution in [3.05, 3.63) is 34.5 Å². The fraction of sp³-hybridized carbons (Fsp3) is 0.471. The second kappa shape index (κ2) is 5.94. The third kappa shape index (κ3) is 2.85. The number of aromatic amines is 1. The Morgan fingerprint density at radius 3 is 2.82 bits per heavy atom. The van der Waals surface area contributed by atoms with Crippen LogP contribution in [0.2, 0.25) is 5.02 Å². The molecule has 5 heteroatoms. The van der Waals surface area contributed by atoms with Crippen molar-refractivity contribution >= 4 is 28.4 Å². The average molecular weight is 320 g/mol. The number of hydrogen-bond acceptors (Lipinski definition) is 2. The minimum Gasteiger partial charge on any atom is -0.357 e. The fourth-order valence-corrected chi connectivity index (χ4v) is 3.31. The van der Waals surface area contributed by atoms with E-state index in [-0.39, 0.29) is 11.9 Å². The number of benzene rings is 1. The first-order valence-electron chi connectivity index (χ1n) is 7.74. The summed E-state index contributed by atoms with van der Waals surface area (Å²) in [6, 6.07) is 6.18. The van der Waals surface area contributed by atoms with Gasteiger partial charge in [0.15, 0.2) is 0 Å². The van der Waals surface area contributed by atoms with E-state index in [4.69, 9.17) is 11.6 Å². The second-order valence-corrected chi connectivity index (χ2v) is 6.82. The molecule has 1 aliphatic heterocycles. The summed E-state index contributed by atoms with van der Waals surface area (Å²) in [5, 5.41) is 4.88. The lowest BCUT2D eigenvalue weighted by Crippen LogP contribution is -2.53. The Hall–Kier alpha value is -1.52. The molecule has 1 aromatic heterocycles. The van der Waals surface area contributed by atoms with E-state index in [1.165, 1.54) is 0 Å². The molecule has 1 fully saturated rings. The molecule has 1 atom stereocenters. The Bertz CT molecular complexity index is 707. The number of carbonyl (C=O) groups is 1. The third-order valence-electron chi connectivity index (χ3n) is 4.46. The van der Waals surface area contributed by atoms with Gasteiger partial charge in [0, 0.05) is 28.2 Å². The van der Waals surface area contributed by atoms with Gasteiger partial charge in [-0.2, -0.15) is 0 Å². The number of carbonyl (C=O) groups excluding carboxylic acids is 1. The van der Waals surface area contributed by atoms with Gasteiger partial charge in [-0.3, -0.25) is 9.69 Å². The predicted molar refractivity (Wildman–Crippen MR) is 90.3 cm³/mol. The van der Waals surface area contributed by atoms with E-state index >= 15 is 0 Å². The van der Waals surface area contributed by atoms with Crippen molar-refractivity contribution in [1.29, 1.82) is 0 Å². The van der Waals surface area contributed by atoms with Gasteiger partial charge in [-0.05, 0) is 43.1 Å². The Morgan fingerprint density at radius 2 is 2.23 bits per heavy atom. The Kier molecular flexibility index (Phi) is 4.15. The van der Waals surface area contributed by atoms with Crippen LogP contribution in [0.3, 0.4) is 0 Å². The van der Waals surface area contributed by atoms with Crippen LogP contribution in [-0.4, -0.2) is 35.4 Å². The van der Waals surface area contributed by atoms with Crippen molar-refractivity contribution in [2.75, 3.05) is 13.6 Å². The number of rotatable bonds is 4. The molecular formula is C17H22ClN3O. The highest BCUT2D eigenvalue weighted by Crippen LogP contribution is 2.29. The minimum atomic E-state index is 0.0337. The van der Waals surface area contributed by atoms with E-state index in [0.29, 0.717) is 12.5 Å². The zero-order valence-electron chi connectivity index (χ0n) is 13.2. The van der Waals surface area contributed by atoms with Crippen LogP contribution in [0.15, 0.2) is 18.2 Å². The Labute approximate surface area is 135 Å². The van der Waals surface area contributed by atoms with E-state index in [2.05, 4.69) is 41.2 Å². The van der Waals surface area contributed by atoms with Gasteiger partial charge in [-0.1, -0.05) is 25.4 Å². The first-order chi connectivity index (χ1) is 10.5. The third-order valence-corrected chi connectivity index (χ3v) is 4.79. The maximum Gasteiger partial charge on any atom is 0.237 e. The highest BCUT2D eigenvalue weighted by atomic mass is 35.5. The van der Waals surface area contributed by atoms with Crippen LogP contribution in [0, 0.1) is 0 Å². The van der Waals surface area contributed by atoms with E-state index in [9.17, 15) is 4.79 Å². The second-order valence-electron chi connectivity index (χ2n) is 6.41. The summed E-state index contributed by atoms with van der Waals surface area (Å²) in [5.74, 6) is 0.491. The number of aromatic nitrogens is 1. The number of hydrogen-bond donors (Lipinski definition) is 2. The molecule has 0 bridgehead atoms. The number of likely N-dealkylation sites (N-methyl/N-ethyl adjacent to an activating group) is 1. The van der Waals surface area contributed by atoms with Crippen LogP contribution in [0.25, 0.3) is 10.9 Å². The van der Waals surface area contributed by atoms with Crippen molar-refractivity contribution in [1.82, 2.24) is 15.2 Å². The number of H-pyrrole nitrogens is 1. The lowest BCUT2D eigenvalue weighted by atomic mass is 10.0. The van der Waals surface area contributed by atoms with Crippen LogP contribution in [0.1, 0.15) is 37.4 Å². The molecule has 22 heavy (non-hydrogen) atoms.